The van der Waals surface area contributed by atoms with Crippen LogP contribution in [0.25, 0.3) is 142 Å². The Hall–Kier alpha value is -15.9. The number of nitrogens with zero attached hydrogens (tertiary/aromatic N) is 3. The predicted molar refractivity (Wildman–Crippen MR) is 519 cm³/mol. The number of benzene rings is 22. The van der Waals surface area contributed by atoms with Crippen LogP contribution in [0, 0.1) is 0 Å². The third-order valence-corrected chi connectivity index (χ3v) is 23.3. The highest BCUT2D eigenvalue weighted by atomic mass is 15.2. The zero-order valence-corrected chi connectivity index (χ0v) is 66.8. The second kappa shape index (κ2) is 33.7. The number of hydrogen-bond donors (Lipinski definition) is 0. The topological polar surface area (TPSA) is 9.72 Å². The molecule has 0 aliphatic rings. The molecule has 0 amide bonds. The molecule has 0 aliphatic carbocycles. The van der Waals surface area contributed by atoms with E-state index in [4.69, 9.17) is 0 Å². The first-order valence-corrected chi connectivity index (χ1v) is 41.5. The monoisotopic (exact) mass is 1540 g/mol. The van der Waals surface area contributed by atoms with E-state index in [1.807, 2.05) is 0 Å². The van der Waals surface area contributed by atoms with Crippen LogP contribution in [0.15, 0.2) is 504 Å². The lowest BCUT2D eigenvalue weighted by molar-refractivity contribution is 1.28. The summed E-state index contributed by atoms with van der Waals surface area (Å²) in [7, 11) is 0. The summed E-state index contributed by atoms with van der Waals surface area (Å²) in [6, 6.07) is 181. The van der Waals surface area contributed by atoms with E-state index < -0.39 is 0 Å². The molecule has 0 spiro atoms. The van der Waals surface area contributed by atoms with Gasteiger partial charge in [-0.05, 0) is 241 Å². The van der Waals surface area contributed by atoms with Crippen molar-refractivity contribution >= 4 is 127 Å². The summed E-state index contributed by atoms with van der Waals surface area (Å²) in [5.41, 5.74) is 24.7. The number of anilines is 9. The molecule has 0 radical (unpaired) electrons. The van der Waals surface area contributed by atoms with E-state index in [1.165, 1.54) is 154 Å². The molecule has 0 saturated carbocycles. The smallest absolute Gasteiger partial charge is 0.0540 e. The molecular formula is C118H83N3. The number of hydrogen-bond acceptors (Lipinski definition) is 3. The van der Waals surface area contributed by atoms with Crippen molar-refractivity contribution in [1.29, 1.82) is 0 Å². The third kappa shape index (κ3) is 15.5. The molecule has 22 rings (SSSR count). The molecule has 570 valence electrons. The van der Waals surface area contributed by atoms with Gasteiger partial charge in [0.2, 0.25) is 0 Å². The molecular weight excluding hydrogens is 1460 g/mol. The lowest BCUT2D eigenvalue weighted by Crippen LogP contribution is -2.11. The Kier molecular flexibility index (Phi) is 20.6. The van der Waals surface area contributed by atoms with E-state index in [0.29, 0.717) is 0 Å². The first-order valence-electron chi connectivity index (χ1n) is 41.5. The first kappa shape index (κ1) is 73.9. The normalized spacial score (nSPS) is 11.1. The predicted octanol–water partition coefficient (Wildman–Crippen LogP) is 33.5. The van der Waals surface area contributed by atoms with Gasteiger partial charge in [0.25, 0.3) is 0 Å². The Morgan fingerprint density at radius 2 is 0.347 bits per heavy atom. The summed E-state index contributed by atoms with van der Waals surface area (Å²) in [4.78, 5) is 7.12. The molecule has 0 N–H and O–H groups in total. The second-order valence-electron chi connectivity index (χ2n) is 30.7. The lowest BCUT2D eigenvalue weighted by atomic mass is 9.97. The molecule has 0 aliphatic heterocycles. The van der Waals surface area contributed by atoms with Crippen LogP contribution in [-0.2, 0) is 0 Å². The zero-order valence-electron chi connectivity index (χ0n) is 66.8. The summed E-state index contributed by atoms with van der Waals surface area (Å²) in [5.74, 6) is 0. The minimum atomic E-state index is 1.11. The maximum atomic E-state index is 2.40. The summed E-state index contributed by atoms with van der Waals surface area (Å²) in [6.45, 7) is 0. The Morgan fingerprint density at radius 3 is 0.769 bits per heavy atom. The summed E-state index contributed by atoms with van der Waals surface area (Å²) in [5, 5.41) is 17.6. The Balaban J connectivity index is 0.000000116. The quantitative estimate of drug-likeness (QED) is 0.0947. The fraction of sp³-hybridized carbons (Fsp3) is 0. The average Bonchev–Trinajstić information content (AvgIpc) is 0.840. The third-order valence-electron chi connectivity index (χ3n) is 23.3. The van der Waals surface area contributed by atoms with Crippen molar-refractivity contribution in [3.05, 3.63) is 504 Å². The van der Waals surface area contributed by atoms with Gasteiger partial charge in [0, 0.05) is 50.6 Å². The summed E-state index contributed by atoms with van der Waals surface area (Å²) < 4.78 is 0. The molecule has 3 heteroatoms. The second-order valence-corrected chi connectivity index (χ2v) is 30.7. The van der Waals surface area contributed by atoms with Gasteiger partial charge in [0.05, 0.1) is 11.4 Å². The van der Waals surface area contributed by atoms with Crippen LogP contribution in [0.5, 0.6) is 0 Å². The van der Waals surface area contributed by atoms with E-state index in [2.05, 4.69) is 518 Å². The molecule has 0 bridgehead atoms. The van der Waals surface area contributed by atoms with Crippen molar-refractivity contribution in [2.24, 2.45) is 0 Å². The number of rotatable bonds is 15. The maximum absolute atomic E-state index is 2.40. The van der Waals surface area contributed by atoms with Crippen LogP contribution in [0.3, 0.4) is 0 Å². The van der Waals surface area contributed by atoms with Crippen LogP contribution in [0.4, 0.5) is 51.2 Å². The fourth-order valence-corrected chi connectivity index (χ4v) is 17.2. The summed E-state index contributed by atoms with van der Waals surface area (Å²) in [6.07, 6.45) is 0. The molecule has 0 heterocycles. The van der Waals surface area contributed by atoms with Crippen LogP contribution in [-0.4, -0.2) is 0 Å². The van der Waals surface area contributed by atoms with Crippen LogP contribution < -0.4 is 14.7 Å². The summed E-state index contributed by atoms with van der Waals surface area (Å²) >= 11 is 0. The molecule has 22 aromatic rings. The highest BCUT2D eigenvalue weighted by molar-refractivity contribution is 6.11. The standard InChI is InChI=1S/C42H31N.C40H27N.C36H25N/c1-5-13-32(14-6-1)36-21-25-40(26-22-36)43(41-27-23-37(24-28-41)33-15-7-2-8-16-33)42-30-38(34-17-9-3-10-18-34)29-39(31-42)35-19-11-4-12-20-35;1-4-14-35-31(11-1)19-20-33-27-32(23-26-36(33)35)28-21-24-34(25-22-28)41(39-17-7-12-29-9-2-5-15-37(29)39)40-18-8-13-30-10-3-6-16-38(30)40;1-2-8-26(9-3-1)28-16-19-32(20-17-28)37(33-21-18-27-10-4-5-12-30(27)24-33)34-22-23-36-31(25-34)15-14-29-11-6-7-13-35(29)36/h1-31H;1-27H;1-25H. The van der Waals surface area contributed by atoms with Crippen LogP contribution >= 0.6 is 0 Å². The highest BCUT2D eigenvalue weighted by Gasteiger charge is 2.22. The van der Waals surface area contributed by atoms with Crippen molar-refractivity contribution in [1.82, 2.24) is 0 Å². The largest absolute Gasteiger partial charge is 0.310 e. The van der Waals surface area contributed by atoms with E-state index >= 15 is 0 Å². The van der Waals surface area contributed by atoms with Crippen LogP contribution in [0.2, 0.25) is 0 Å². The Labute approximate surface area is 706 Å². The van der Waals surface area contributed by atoms with Crippen molar-refractivity contribution < 1.29 is 0 Å². The Morgan fingerprint density at radius 1 is 0.0992 bits per heavy atom. The molecule has 0 saturated heterocycles. The van der Waals surface area contributed by atoms with Gasteiger partial charge in [-0.3, -0.25) is 0 Å². The fourth-order valence-electron chi connectivity index (χ4n) is 17.2. The van der Waals surface area contributed by atoms with Gasteiger partial charge in [0.1, 0.15) is 0 Å². The van der Waals surface area contributed by atoms with Crippen molar-refractivity contribution in [3.63, 3.8) is 0 Å². The van der Waals surface area contributed by atoms with Crippen LogP contribution in [0.1, 0.15) is 0 Å². The molecule has 0 aromatic heterocycles. The highest BCUT2D eigenvalue weighted by Crippen LogP contribution is 2.46. The molecule has 0 unspecified atom stereocenters. The molecule has 3 nitrogen and oxygen atoms in total. The van der Waals surface area contributed by atoms with Gasteiger partial charge in [0.15, 0.2) is 0 Å². The van der Waals surface area contributed by atoms with Gasteiger partial charge < -0.3 is 14.7 Å². The van der Waals surface area contributed by atoms with Crippen molar-refractivity contribution in [2.45, 2.75) is 0 Å². The van der Waals surface area contributed by atoms with Gasteiger partial charge >= 0.3 is 0 Å². The van der Waals surface area contributed by atoms with E-state index in [-0.39, 0.29) is 0 Å². The molecule has 0 atom stereocenters. The van der Waals surface area contributed by atoms with E-state index in [0.717, 1.165) is 39.8 Å². The van der Waals surface area contributed by atoms with Gasteiger partial charge in [-0.25, -0.2) is 0 Å². The van der Waals surface area contributed by atoms with Crippen molar-refractivity contribution in [2.75, 3.05) is 14.7 Å². The van der Waals surface area contributed by atoms with Gasteiger partial charge in [-0.15, -0.1) is 0 Å². The zero-order chi connectivity index (χ0) is 80.6. The molecule has 22 aromatic carbocycles. The molecule has 121 heavy (non-hydrogen) atoms. The average molecular weight is 1540 g/mol. The lowest BCUT2D eigenvalue weighted by Gasteiger charge is -2.28. The van der Waals surface area contributed by atoms with Crippen molar-refractivity contribution in [3.8, 4) is 66.8 Å². The Bertz CT molecular complexity index is 7170. The van der Waals surface area contributed by atoms with E-state index in [9.17, 15) is 0 Å². The van der Waals surface area contributed by atoms with Gasteiger partial charge in [-0.2, -0.15) is 0 Å². The first-order chi connectivity index (χ1) is 60.0. The molecule has 0 fully saturated rings. The minimum Gasteiger partial charge on any atom is -0.310 e. The van der Waals surface area contributed by atoms with E-state index in [1.54, 1.807) is 0 Å². The maximum Gasteiger partial charge on any atom is 0.0540 e. The SMILES string of the molecule is c1ccc(-c2ccc(N(c3ccc(-c4ccccc4)cc3)c3cc(-c4ccccc4)cc(-c4ccccc4)c3)cc2)cc1.c1ccc(-c2ccc(N(c3ccc4ccccc4c3)c3ccc4c(ccc5ccccc54)c3)cc2)cc1.c1ccc2c(N(c3ccc(-c4ccc5c(ccc6ccccc65)c4)cc3)c3cccc4ccccc34)cccc2c1. The number of fused-ring (bicyclic) bond motifs is 9. The minimum absolute atomic E-state index is 1.11. The van der Waals surface area contributed by atoms with Gasteiger partial charge in [-0.1, -0.05) is 394 Å².